The average Bonchev–Trinajstić information content (AvgIpc) is 3.05. The van der Waals surface area contributed by atoms with Crippen LogP contribution in [-0.2, 0) is 9.59 Å². The van der Waals surface area contributed by atoms with Crippen LogP contribution in [0, 0.1) is 34.9 Å². The van der Waals surface area contributed by atoms with E-state index < -0.39 is 34.9 Å². The van der Waals surface area contributed by atoms with Crippen LogP contribution in [0.25, 0.3) is 22.5 Å². The van der Waals surface area contributed by atoms with Gasteiger partial charge in [-0.1, -0.05) is 23.2 Å². The molecule has 2 heterocycles. The molecule has 0 saturated carbocycles. The van der Waals surface area contributed by atoms with Gasteiger partial charge in [-0.25, -0.2) is 26.3 Å². The predicted molar refractivity (Wildman–Crippen MR) is 173 cm³/mol. The number of benzene rings is 4. The van der Waals surface area contributed by atoms with Gasteiger partial charge in [-0.2, -0.15) is 0 Å². The Bertz CT molecular complexity index is 1960. The molecule has 248 valence electrons. The van der Waals surface area contributed by atoms with E-state index in [-0.39, 0.29) is 52.2 Å². The van der Waals surface area contributed by atoms with Crippen LogP contribution < -0.4 is 5.32 Å². The summed E-state index contributed by atoms with van der Waals surface area (Å²) < 4.78 is 81.3. The van der Waals surface area contributed by atoms with Gasteiger partial charge in [-0.05, 0) is 103 Å². The number of allylic oxidation sites excluding steroid dienone is 2. The third-order valence-electron chi connectivity index (χ3n) is 7.82. The summed E-state index contributed by atoms with van der Waals surface area (Å²) in [6.07, 6.45) is 0.961. The van der Waals surface area contributed by atoms with E-state index in [1.54, 1.807) is 6.92 Å². The lowest BCUT2D eigenvalue weighted by Crippen LogP contribution is -2.33. The highest BCUT2D eigenvalue weighted by Crippen LogP contribution is 2.41. The third-order valence-corrected chi connectivity index (χ3v) is 8.59. The lowest BCUT2D eigenvalue weighted by molar-refractivity contribution is -0.128. The number of hydrogen-bond donors (Lipinski definition) is 1. The standard InChI is InChI=1S/C19H15ClF3NO.C17H11ClF3NO/c1-2-24-17(25)8-7-14(15-9-13(22)10-16(23)18(15)20)19(24)11-3-5-12(21)6-4-11;18-16-13(7-11(20)8-14(16)21)12-5-6-15(23)22-17(12)9-1-3-10(19)4-2-9/h3-6,9-10H,2,7-8H2,1H3;1-4,7-8H,5-6H2,(H,22,23). The van der Waals surface area contributed by atoms with Crippen LogP contribution in [-0.4, -0.2) is 23.3 Å². The van der Waals surface area contributed by atoms with Gasteiger partial charge in [0.1, 0.15) is 34.9 Å². The zero-order valence-electron chi connectivity index (χ0n) is 25.3. The van der Waals surface area contributed by atoms with Crippen molar-refractivity contribution < 1.29 is 35.9 Å². The van der Waals surface area contributed by atoms with Crippen molar-refractivity contribution in [3.63, 3.8) is 0 Å². The minimum absolute atomic E-state index is 0.0985. The molecule has 4 nitrogen and oxygen atoms in total. The molecule has 12 heteroatoms. The van der Waals surface area contributed by atoms with E-state index in [1.807, 2.05) is 0 Å². The number of nitrogens with one attached hydrogen (secondary N) is 1. The van der Waals surface area contributed by atoms with Crippen LogP contribution >= 0.6 is 23.2 Å². The first-order valence-corrected chi connectivity index (χ1v) is 15.5. The van der Waals surface area contributed by atoms with E-state index in [0.29, 0.717) is 52.7 Å². The Morgan fingerprint density at radius 3 is 1.62 bits per heavy atom. The molecule has 0 unspecified atom stereocenters. The molecule has 0 spiro atoms. The molecule has 0 aliphatic carbocycles. The van der Waals surface area contributed by atoms with Gasteiger partial charge in [-0.3, -0.25) is 9.59 Å². The molecule has 2 amide bonds. The molecule has 0 aromatic heterocycles. The second-order valence-electron chi connectivity index (χ2n) is 10.9. The molecule has 48 heavy (non-hydrogen) atoms. The maximum absolute atomic E-state index is 13.9. The Hall–Kier alpha value is -4.54. The molecule has 6 rings (SSSR count). The SMILES string of the molecule is CCN1C(=O)CCC(c2cc(F)cc(F)c2Cl)=C1c1ccc(F)cc1.O=C1CCC(c2cc(F)cc(F)c2Cl)=C(c2ccc(F)cc2)N1. The van der Waals surface area contributed by atoms with Crippen molar-refractivity contribution in [1.29, 1.82) is 0 Å². The van der Waals surface area contributed by atoms with Crippen LogP contribution in [0.2, 0.25) is 10.0 Å². The highest BCUT2D eigenvalue weighted by atomic mass is 35.5. The van der Waals surface area contributed by atoms with E-state index >= 15 is 0 Å². The first kappa shape index (κ1) is 34.8. The van der Waals surface area contributed by atoms with Crippen LogP contribution in [0.5, 0.6) is 0 Å². The van der Waals surface area contributed by atoms with Gasteiger partial charge in [0.2, 0.25) is 11.8 Å². The summed E-state index contributed by atoms with van der Waals surface area (Å²) >= 11 is 12.0. The van der Waals surface area contributed by atoms with Gasteiger partial charge in [0, 0.05) is 42.6 Å². The average molecular weight is 704 g/mol. The molecule has 0 bridgehead atoms. The lowest BCUT2D eigenvalue weighted by Gasteiger charge is -2.32. The highest BCUT2D eigenvalue weighted by molar-refractivity contribution is 6.33. The summed E-state index contributed by atoms with van der Waals surface area (Å²) in [4.78, 5) is 25.6. The van der Waals surface area contributed by atoms with Crippen LogP contribution in [0.15, 0.2) is 72.8 Å². The number of amides is 2. The Morgan fingerprint density at radius 2 is 1.10 bits per heavy atom. The summed E-state index contributed by atoms with van der Waals surface area (Å²) in [5.74, 6) is -4.39. The minimum atomic E-state index is -0.871. The van der Waals surface area contributed by atoms with Crippen LogP contribution in [0.1, 0.15) is 54.9 Å². The number of halogens is 8. The highest BCUT2D eigenvalue weighted by Gasteiger charge is 2.29. The fourth-order valence-electron chi connectivity index (χ4n) is 5.63. The van der Waals surface area contributed by atoms with Gasteiger partial charge in [0.25, 0.3) is 0 Å². The molecule has 4 aromatic rings. The van der Waals surface area contributed by atoms with Crippen molar-refractivity contribution in [1.82, 2.24) is 10.2 Å². The largest absolute Gasteiger partial charge is 0.325 e. The van der Waals surface area contributed by atoms with E-state index in [1.165, 1.54) is 53.4 Å². The van der Waals surface area contributed by atoms with Gasteiger partial charge in [-0.15, -0.1) is 0 Å². The summed E-state index contributed by atoms with van der Waals surface area (Å²) in [7, 11) is 0. The first-order valence-electron chi connectivity index (χ1n) is 14.8. The van der Waals surface area contributed by atoms with Gasteiger partial charge in [0.15, 0.2) is 0 Å². The number of nitrogens with zero attached hydrogens (tertiary/aromatic N) is 1. The minimum Gasteiger partial charge on any atom is -0.325 e. The predicted octanol–water partition coefficient (Wildman–Crippen LogP) is 9.80. The Labute approximate surface area is 282 Å². The lowest BCUT2D eigenvalue weighted by atomic mass is 9.91. The van der Waals surface area contributed by atoms with E-state index in [0.717, 1.165) is 18.2 Å². The van der Waals surface area contributed by atoms with E-state index in [2.05, 4.69) is 5.32 Å². The summed E-state index contributed by atoms with van der Waals surface area (Å²) in [6, 6.07) is 14.8. The number of carbonyl (C=O) groups excluding carboxylic acids is 2. The molecular weight excluding hydrogens is 677 g/mol. The van der Waals surface area contributed by atoms with Crippen molar-refractivity contribution >= 4 is 57.6 Å². The Morgan fingerprint density at radius 1 is 0.625 bits per heavy atom. The number of hydrogen-bond acceptors (Lipinski definition) is 2. The smallest absolute Gasteiger partial charge is 0.227 e. The van der Waals surface area contributed by atoms with Crippen molar-refractivity contribution in [2.75, 3.05) is 6.54 Å². The number of rotatable bonds is 5. The zero-order valence-corrected chi connectivity index (χ0v) is 26.8. The summed E-state index contributed by atoms with van der Waals surface area (Å²) in [6.45, 7) is 2.18. The molecule has 0 fully saturated rings. The second-order valence-corrected chi connectivity index (χ2v) is 11.6. The second kappa shape index (κ2) is 14.7. The molecule has 0 saturated heterocycles. The Kier molecular flexibility index (Phi) is 10.7. The zero-order chi connectivity index (χ0) is 34.7. The molecular formula is C36H26Cl2F6N2O2. The van der Waals surface area contributed by atoms with Crippen LogP contribution in [0.3, 0.4) is 0 Å². The monoisotopic (exact) mass is 702 g/mol. The quantitative estimate of drug-likeness (QED) is 0.166. The molecule has 2 aliphatic rings. The van der Waals surface area contributed by atoms with Gasteiger partial charge < -0.3 is 10.2 Å². The van der Waals surface area contributed by atoms with Gasteiger partial charge >= 0.3 is 0 Å². The van der Waals surface area contributed by atoms with Crippen molar-refractivity contribution in [3.05, 3.63) is 140 Å². The normalized spacial score (nSPS) is 15.0. The fourth-order valence-corrected chi connectivity index (χ4v) is 6.08. The van der Waals surface area contributed by atoms with Crippen molar-refractivity contribution in [2.45, 2.75) is 32.6 Å². The fraction of sp³-hybridized carbons (Fsp3) is 0.167. The maximum Gasteiger partial charge on any atom is 0.227 e. The third kappa shape index (κ3) is 7.45. The van der Waals surface area contributed by atoms with Crippen molar-refractivity contribution in [2.24, 2.45) is 0 Å². The molecule has 0 radical (unpaired) electrons. The van der Waals surface area contributed by atoms with Gasteiger partial charge in [0.05, 0.1) is 21.4 Å². The Balaban J connectivity index is 0.000000188. The van der Waals surface area contributed by atoms with E-state index in [4.69, 9.17) is 23.2 Å². The molecule has 0 atom stereocenters. The topological polar surface area (TPSA) is 49.4 Å². The number of carbonyl (C=O) groups is 2. The van der Waals surface area contributed by atoms with E-state index in [9.17, 15) is 35.9 Å². The van der Waals surface area contributed by atoms with Crippen LogP contribution in [0.4, 0.5) is 26.3 Å². The molecule has 4 aromatic carbocycles. The van der Waals surface area contributed by atoms with Crippen molar-refractivity contribution in [3.8, 4) is 0 Å². The summed E-state index contributed by atoms with van der Waals surface area (Å²) in [5.41, 5.74) is 3.49. The summed E-state index contributed by atoms with van der Waals surface area (Å²) in [5, 5.41) is 2.28. The first-order chi connectivity index (χ1) is 22.9. The molecule has 2 aliphatic heterocycles. The maximum atomic E-state index is 13.9. The molecule has 1 N–H and O–H groups in total.